The highest BCUT2D eigenvalue weighted by Gasteiger charge is 2.29. The van der Waals surface area contributed by atoms with Crippen LogP contribution in [0.1, 0.15) is 37.4 Å². The monoisotopic (exact) mass is 416 g/mol. The largest absolute Gasteiger partial charge is 0.493 e. The molecule has 0 radical (unpaired) electrons. The van der Waals surface area contributed by atoms with Gasteiger partial charge in [-0.2, -0.15) is 0 Å². The van der Waals surface area contributed by atoms with Crippen LogP contribution in [-0.2, 0) is 16.0 Å². The lowest BCUT2D eigenvalue weighted by Gasteiger charge is -2.29. The molecule has 0 bridgehead atoms. The Morgan fingerprint density at radius 2 is 1.74 bits per heavy atom. The summed E-state index contributed by atoms with van der Waals surface area (Å²) in [4.78, 5) is 26.0. The van der Waals surface area contributed by atoms with E-state index in [2.05, 4.69) is 10.6 Å². The summed E-state index contributed by atoms with van der Waals surface area (Å²) < 4.78 is 5.69. The molecule has 3 aromatic rings. The van der Waals surface area contributed by atoms with Gasteiger partial charge in [0.2, 0.25) is 11.8 Å². The van der Waals surface area contributed by atoms with Crippen molar-refractivity contribution in [3.05, 3.63) is 77.9 Å². The molecule has 0 aromatic heterocycles. The lowest BCUT2D eigenvalue weighted by Crippen LogP contribution is -2.51. The molecule has 3 aromatic carbocycles. The number of carbonyl (C=O) groups is 2. The first-order chi connectivity index (χ1) is 15.0. The number of carbonyl (C=O) groups excluding carboxylic acids is 2. The molecule has 1 aliphatic heterocycles. The molecule has 0 spiro atoms. The minimum absolute atomic E-state index is 0.0356. The number of fused-ring (bicyclic) bond motifs is 2. The third-order valence-corrected chi connectivity index (χ3v) is 5.77. The van der Waals surface area contributed by atoms with Crippen LogP contribution in [0.5, 0.6) is 5.75 Å². The number of rotatable bonds is 6. The summed E-state index contributed by atoms with van der Waals surface area (Å²) in [5.74, 6) is 0.451. The molecular weight excluding hydrogens is 388 g/mol. The molecule has 0 fully saturated rings. The fourth-order valence-electron chi connectivity index (χ4n) is 4.13. The molecule has 160 valence electrons. The van der Waals surface area contributed by atoms with Gasteiger partial charge in [0.15, 0.2) is 0 Å². The summed E-state index contributed by atoms with van der Waals surface area (Å²) in [7, 11) is 0. The van der Waals surface area contributed by atoms with Crippen molar-refractivity contribution in [2.75, 3.05) is 6.61 Å². The normalized spacial score (nSPS) is 16.3. The van der Waals surface area contributed by atoms with Gasteiger partial charge < -0.3 is 15.4 Å². The fourth-order valence-corrected chi connectivity index (χ4v) is 4.13. The Balaban J connectivity index is 1.45. The maximum Gasteiger partial charge on any atom is 0.243 e. The zero-order valence-electron chi connectivity index (χ0n) is 17.9. The van der Waals surface area contributed by atoms with Crippen LogP contribution >= 0.6 is 0 Å². The van der Waals surface area contributed by atoms with Gasteiger partial charge in [-0.1, -0.05) is 74.5 Å². The van der Waals surface area contributed by atoms with Gasteiger partial charge in [-0.15, -0.1) is 0 Å². The zero-order chi connectivity index (χ0) is 21.8. The molecule has 0 saturated carbocycles. The zero-order valence-corrected chi connectivity index (χ0v) is 17.9. The summed E-state index contributed by atoms with van der Waals surface area (Å²) in [6, 6.07) is 21.0. The Labute approximate surface area is 182 Å². The van der Waals surface area contributed by atoms with E-state index in [-0.39, 0.29) is 30.2 Å². The Kier molecular flexibility index (Phi) is 6.21. The fraction of sp³-hybridized carbons (Fsp3) is 0.308. The van der Waals surface area contributed by atoms with Crippen molar-refractivity contribution in [3.63, 3.8) is 0 Å². The van der Waals surface area contributed by atoms with Gasteiger partial charge in [-0.25, -0.2) is 0 Å². The van der Waals surface area contributed by atoms with Gasteiger partial charge in [0.25, 0.3) is 0 Å². The second kappa shape index (κ2) is 9.21. The van der Waals surface area contributed by atoms with E-state index in [4.69, 9.17) is 4.74 Å². The van der Waals surface area contributed by atoms with Crippen molar-refractivity contribution < 1.29 is 14.3 Å². The van der Waals surface area contributed by atoms with E-state index in [1.54, 1.807) is 0 Å². The first kappa shape index (κ1) is 20.9. The molecule has 2 N–H and O–H groups in total. The number of ether oxygens (including phenoxy) is 1. The second-order valence-corrected chi connectivity index (χ2v) is 8.34. The maximum absolute atomic E-state index is 13.1. The highest BCUT2D eigenvalue weighted by Crippen LogP contribution is 2.31. The minimum Gasteiger partial charge on any atom is -0.493 e. The van der Waals surface area contributed by atoms with E-state index in [9.17, 15) is 9.59 Å². The number of benzene rings is 3. The Bertz CT molecular complexity index is 1090. The summed E-state index contributed by atoms with van der Waals surface area (Å²) in [6.45, 7) is 4.45. The molecule has 5 nitrogen and oxygen atoms in total. The molecule has 0 aliphatic carbocycles. The summed E-state index contributed by atoms with van der Waals surface area (Å²) >= 11 is 0. The van der Waals surface area contributed by atoms with Crippen molar-refractivity contribution in [2.24, 2.45) is 5.92 Å². The molecule has 0 unspecified atom stereocenters. The van der Waals surface area contributed by atoms with Crippen LogP contribution in [0.4, 0.5) is 0 Å². The molecular formula is C26H28N2O3. The first-order valence-corrected chi connectivity index (χ1v) is 10.8. The topological polar surface area (TPSA) is 67.4 Å². The molecule has 1 heterocycles. The van der Waals surface area contributed by atoms with E-state index >= 15 is 0 Å². The molecule has 5 heteroatoms. The van der Waals surface area contributed by atoms with E-state index in [0.29, 0.717) is 13.0 Å². The molecule has 0 saturated heterocycles. The van der Waals surface area contributed by atoms with Crippen molar-refractivity contribution in [3.8, 4) is 5.75 Å². The van der Waals surface area contributed by atoms with Crippen LogP contribution in [0.2, 0.25) is 0 Å². The molecule has 2 atom stereocenters. The molecule has 4 rings (SSSR count). The standard InChI is InChI=1S/C26H28N2O3/c1-17(2)25(26(30)27-22-14-15-31-23-13-6-5-12-21(22)23)28-24(29)16-19-10-7-9-18-8-3-4-11-20(18)19/h3-13,17,22,25H,14-16H2,1-2H3,(H,27,30)(H,28,29)/t22-,25-/m0/s1. The van der Waals surface area contributed by atoms with Crippen LogP contribution in [0.3, 0.4) is 0 Å². The van der Waals surface area contributed by atoms with Crippen LogP contribution in [0.25, 0.3) is 10.8 Å². The Morgan fingerprint density at radius 3 is 2.58 bits per heavy atom. The molecule has 31 heavy (non-hydrogen) atoms. The smallest absolute Gasteiger partial charge is 0.243 e. The highest BCUT2D eigenvalue weighted by atomic mass is 16.5. The summed E-state index contributed by atoms with van der Waals surface area (Å²) in [5, 5.41) is 8.24. The molecule has 1 aliphatic rings. The summed E-state index contributed by atoms with van der Waals surface area (Å²) in [5.41, 5.74) is 1.93. The maximum atomic E-state index is 13.1. The van der Waals surface area contributed by atoms with Crippen molar-refractivity contribution in [2.45, 2.75) is 38.8 Å². The predicted molar refractivity (Wildman–Crippen MR) is 122 cm³/mol. The molecule has 2 amide bonds. The SMILES string of the molecule is CC(C)[C@H](NC(=O)Cc1cccc2ccccc12)C(=O)N[C@H]1CCOc2ccccc21. The Morgan fingerprint density at radius 1 is 1.00 bits per heavy atom. The van der Waals surface area contributed by atoms with Gasteiger partial charge in [0.05, 0.1) is 19.1 Å². The van der Waals surface area contributed by atoms with Crippen molar-refractivity contribution in [1.82, 2.24) is 10.6 Å². The highest BCUT2D eigenvalue weighted by molar-refractivity contribution is 5.92. The van der Waals surface area contributed by atoms with Crippen LogP contribution < -0.4 is 15.4 Å². The number of amides is 2. The third kappa shape index (κ3) is 4.71. The number of hydrogen-bond acceptors (Lipinski definition) is 3. The van der Waals surface area contributed by atoms with Gasteiger partial charge in [0, 0.05) is 12.0 Å². The summed E-state index contributed by atoms with van der Waals surface area (Å²) in [6.07, 6.45) is 0.940. The first-order valence-electron chi connectivity index (χ1n) is 10.8. The van der Waals surface area contributed by atoms with Gasteiger partial charge in [0.1, 0.15) is 11.8 Å². The number of hydrogen-bond donors (Lipinski definition) is 2. The third-order valence-electron chi connectivity index (χ3n) is 5.77. The Hall–Kier alpha value is -3.34. The second-order valence-electron chi connectivity index (χ2n) is 8.34. The van der Waals surface area contributed by atoms with E-state index in [1.165, 1.54) is 0 Å². The number of nitrogens with one attached hydrogen (secondary N) is 2. The van der Waals surface area contributed by atoms with Crippen molar-refractivity contribution >= 4 is 22.6 Å². The van der Waals surface area contributed by atoms with E-state index in [1.807, 2.05) is 80.6 Å². The quantitative estimate of drug-likeness (QED) is 0.634. The van der Waals surface area contributed by atoms with Crippen molar-refractivity contribution in [1.29, 1.82) is 0 Å². The lowest BCUT2D eigenvalue weighted by atomic mass is 9.97. The van der Waals surface area contributed by atoms with E-state index in [0.717, 1.165) is 27.6 Å². The van der Waals surface area contributed by atoms with E-state index < -0.39 is 6.04 Å². The van der Waals surface area contributed by atoms with Crippen LogP contribution in [0, 0.1) is 5.92 Å². The lowest BCUT2D eigenvalue weighted by molar-refractivity contribution is -0.130. The van der Waals surface area contributed by atoms with Crippen LogP contribution in [-0.4, -0.2) is 24.5 Å². The predicted octanol–water partition coefficient (Wildman–Crippen LogP) is 4.16. The van der Waals surface area contributed by atoms with Gasteiger partial charge in [-0.3, -0.25) is 9.59 Å². The van der Waals surface area contributed by atoms with Gasteiger partial charge >= 0.3 is 0 Å². The van der Waals surface area contributed by atoms with Crippen LogP contribution in [0.15, 0.2) is 66.7 Å². The number of para-hydroxylation sites is 1. The van der Waals surface area contributed by atoms with Gasteiger partial charge in [-0.05, 0) is 28.3 Å². The average molecular weight is 417 g/mol. The average Bonchev–Trinajstić information content (AvgIpc) is 2.78. The minimum atomic E-state index is -0.600.